The Balaban J connectivity index is 1.41. The van der Waals surface area contributed by atoms with Crippen molar-refractivity contribution in [1.29, 1.82) is 0 Å². The van der Waals surface area contributed by atoms with Crippen LogP contribution in [0.5, 0.6) is 0 Å². The van der Waals surface area contributed by atoms with Gasteiger partial charge in [0.1, 0.15) is 6.61 Å². The smallest absolute Gasteiger partial charge is 0.445 e. The third-order valence-corrected chi connectivity index (χ3v) is 7.15. The average Bonchev–Trinajstić information content (AvgIpc) is 3.42. The standard InChI is InChI=1S/C29H35BNO4/c1-7-22-12-14-23(15-13-22)19-31(25-10-8-9-11-25)27(32)33-20-24-16-17-26(21(2)18-24)30-34-28(3,4)29(5,6)35-30/h8-18H,7,19-20H2,1-6H3. The van der Waals surface area contributed by atoms with Gasteiger partial charge in [-0.2, -0.15) is 0 Å². The molecule has 0 aromatic heterocycles. The van der Waals surface area contributed by atoms with Crippen molar-refractivity contribution >= 4 is 18.7 Å². The Morgan fingerprint density at radius 2 is 1.49 bits per heavy atom. The molecule has 1 saturated carbocycles. The normalized spacial score (nSPS) is 19.2. The van der Waals surface area contributed by atoms with Crippen molar-refractivity contribution in [2.45, 2.75) is 72.3 Å². The van der Waals surface area contributed by atoms with Crippen LogP contribution >= 0.6 is 0 Å². The van der Waals surface area contributed by atoms with Gasteiger partial charge in [0.25, 0.3) is 0 Å². The molecule has 0 unspecified atom stereocenters. The fraction of sp³-hybridized carbons (Fsp3) is 0.379. The zero-order valence-corrected chi connectivity index (χ0v) is 21.6. The van der Waals surface area contributed by atoms with Crippen molar-refractivity contribution in [2.75, 3.05) is 0 Å². The van der Waals surface area contributed by atoms with Crippen molar-refractivity contribution in [3.8, 4) is 0 Å². The van der Waals surface area contributed by atoms with E-state index in [0.717, 1.165) is 34.6 Å². The first-order valence-electron chi connectivity index (χ1n) is 12.3. The van der Waals surface area contributed by atoms with Crippen molar-refractivity contribution in [3.63, 3.8) is 0 Å². The maximum Gasteiger partial charge on any atom is 0.495 e. The summed E-state index contributed by atoms with van der Waals surface area (Å²) in [6, 6.07) is 15.2. The molecule has 183 valence electrons. The summed E-state index contributed by atoms with van der Waals surface area (Å²) in [5.74, 6) is 0. The quantitative estimate of drug-likeness (QED) is 0.510. The molecule has 4 rings (SSSR count). The minimum Gasteiger partial charge on any atom is -0.445 e. The number of ether oxygens (including phenoxy) is 1. The molecule has 0 N–H and O–H groups in total. The number of carbonyl (C=O) groups excluding carboxylic acids is 1. The van der Waals surface area contributed by atoms with Gasteiger partial charge in [0.15, 0.2) is 0 Å². The van der Waals surface area contributed by atoms with Crippen molar-refractivity contribution in [2.24, 2.45) is 0 Å². The molecule has 5 nitrogen and oxygen atoms in total. The summed E-state index contributed by atoms with van der Waals surface area (Å²) in [6.07, 6.45) is 8.31. The second-order valence-electron chi connectivity index (χ2n) is 10.2. The molecule has 1 heterocycles. The van der Waals surface area contributed by atoms with Crippen LogP contribution in [-0.2, 0) is 33.6 Å². The third kappa shape index (κ3) is 5.75. The Kier molecular flexibility index (Phi) is 7.63. The first-order chi connectivity index (χ1) is 16.6. The van der Waals surface area contributed by atoms with Gasteiger partial charge in [-0.25, -0.2) is 4.79 Å². The van der Waals surface area contributed by atoms with Crippen LogP contribution in [0.2, 0.25) is 0 Å². The largest absolute Gasteiger partial charge is 0.495 e. The van der Waals surface area contributed by atoms with Crippen LogP contribution in [0.15, 0.2) is 42.5 Å². The van der Waals surface area contributed by atoms with Gasteiger partial charge in [0.05, 0.1) is 17.2 Å². The molecule has 5 radical (unpaired) electrons. The van der Waals surface area contributed by atoms with E-state index in [2.05, 4.69) is 31.2 Å². The summed E-state index contributed by atoms with van der Waals surface area (Å²) >= 11 is 0. The van der Waals surface area contributed by atoms with Gasteiger partial charge in [-0.05, 0) is 88.9 Å². The summed E-state index contributed by atoms with van der Waals surface area (Å²) < 4.78 is 18.1. The molecule has 1 amide bonds. The molecular formula is C29H35BNO4. The lowest BCUT2D eigenvalue weighted by atomic mass is 9.76. The fourth-order valence-electron chi connectivity index (χ4n) is 4.15. The Morgan fingerprint density at radius 3 is 2.06 bits per heavy atom. The number of amides is 1. The molecule has 1 aliphatic heterocycles. The zero-order valence-electron chi connectivity index (χ0n) is 21.6. The Morgan fingerprint density at radius 1 is 0.914 bits per heavy atom. The van der Waals surface area contributed by atoms with Crippen LogP contribution in [0.25, 0.3) is 0 Å². The van der Waals surface area contributed by atoms with E-state index < -0.39 is 7.12 Å². The molecule has 1 aliphatic carbocycles. The van der Waals surface area contributed by atoms with Gasteiger partial charge >= 0.3 is 13.2 Å². The first kappa shape index (κ1) is 25.8. The van der Waals surface area contributed by atoms with Gasteiger partial charge in [0, 0.05) is 6.54 Å². The lowest BCUT2D eigenvalue weighted by Crippen LogP contribution is -2.41. The van der Waals surface area contributed by atoms with E-state index in [4.69, 9.17) is 14.0 Å². The van der Waals surface area contributed by atoms with E-state index in [0.29, 0.717) is 6.54 Å². The molecule has 35 heavy (non-hydrogen) atoms. The molecule has 0 bridgehead atoms. The highest BCUT2D eigenvalue weighted by molar-refractivity contribution is 6.62. The lowest BCUT2D eigenvalue weighted by molar-refractivity contribution is 0.00578. The van der Waals surface area contributed by atoms with Crippen LogP contribution in [0.3, 0.4) is 0 Å². The molecule has 0 atom stereocenters. The van der Waals surface area contributed by atoms with Gasteiger partial charge in [-0.15, -0.1) is 0 Å². The van der Waals surface area contributed by atoms with Crippen molar-refractivity contribution in [1.82, 2.24) is 4.90 Å². The van der Waals surface area contributed by atoms with Gasteiger partial charge in [-0.3, -0.25) is 4.90 Å². The highest BCUT2D eigenvalue weighted by atomic mass is 16.7. The number of benzene rings is 2. The Hall–Kier alpha value is -2.31. The second kappa shape index (κ2) is 10.4. The van der Waals surface area contributed by atoms with E-state index in [9.17, 15) is 4.79 Å². The zero-order chi connectivity index (χ0) is 25.2. The molecule has 2 fully saturated rings. The molecule has 2 aromatic carbocycles. The Labute approximate surface area is 211 Å². The summed E-state index contributed by atoms with van der Waals surface area (Å²) in [4.78, 5) is 14.8. The van der Waals surface area contributed by atoms with E-state index in [1.165, 1.54) is 5.56 Å². The van der Waals surface area contributed by atoms with Gasteiger partial charge in [0.2, 0.25) is 0 Å². The van der Waals surface area contributed by atoms with Crippen molar-refractivity contribution in [3.05, 3.63) is 96.4 Å². The maximum atomic E-state index is 13.1. The predicted octanol–water partition coefficient (Wildman–Crippen LogP) is 5.36. The fourth-order valence-corrected chi connectivity index (χ4v) is 4.15. The lowest BCUT2D eigenvalue weighted by Gasteiger charge is -2.32. The van der Waals surface area contributed by atoms with Crippen LogP contribution < -0.4 is 5.46 Å². The summed E-state index contributed by atoms with van der Waals surface area (Å²) in [5.41, 5.74) is 4.51. The topological polar surface area (TPSA) is 48.0 Å². The highest BCUT2D eigenvalue weighted by Crippen LogP contribution is 2.36. The minimum atomic E-state index is -0.413. The van der Waals surface area contributed by atoms with E-state index in [-0.39, 0.29) is 23.9 Å². The van der Waals surface area contributed by atoms with Gasteiger partial charge < -0.3 is 14.0 Å². The Bertz CT molecular complexity index is 1010. The number of carbonyl (C=O) groups is 1. The summed E-state index contributed by atoms with van der Waals surface area (Å²) in [6.45, 7) is 13.0. The number of hydrogen-bond donors (Lipinski definition) is 0. The monoisotopic (exact) mass is 472 g/mol. The predicted molar refractivity (Wildman–Crippen MR) is 139 cm³/mol. The third-order valence-electron chi connectivity index (χ3n) is 7.15. The van der Waals surface area contributed by atoms with Crippen LogP contribution in [0, 0.1) is 38.6 Å². The van der Waals surface area contributed by atoms with Crippen LogP contribution in [0.1, 0.15) is 56.9 Å². The number of nitrogens with zero attached hydrogens (tertiary/aromatic N) is 1. The van der Waals surface area contributed by atoms with E-state index >= 15 is 0 Å². The molecule has 6 heteroatoms. The highest BCUT2D eigenvalue weighted by Gasteiger charge is 2.52. The molecule has 2 aliphatic rings. The minimum absolute atomic E-state index is 0.190. The molecule has 0 spiro atoms. The van der Waals surface area contributed by atoms with Crippen molar-refractivity contribution < 1.29 is 18.8 Å². The SMILES string of the molecule is CCc1ccc(CN([C]2[CH][CH][CH][CH]2)C(=O)OCc2ccc(B3OC(C)(C)C(C)(C)O3)c(C)c2)cc1. The van der Waals surface area contributed by atoms with Crippen LogP contribution in [0.4, 0.5) is 4.79 Å². The molecule has 2 aromatic rings. The van der Waals surface area contributed by atoms with Gasteiger partial charge in [-0.1, -0.05) is 55.0 Å². The second-order valence-corrected chi connectivity index (χ2v) is 10.2. The average molecular weight is 472 g/mol. The maximum absolute atomic E-state index is 13.1. The summed E-state index contributed by atoms with van der Waals surface area (Å²) in [7, 11) is -0.413. The van der Waals surface area contributed by atoms with Crippen LogP contribution in [-0.4, -0.2) is 29.3 Å². The number of hydrogen-bond acceptors (Lipinski definition) is 4. The molecular weight excluding hydrogens is 437 g/mol. The molecule has 1 saturated heterocycles. The number of aryl methyl sites for hydroxylation is 2. The van der Waals surface area contributed by atoms with E-state index in [1.54, 1.807) is 4.90 Å². The van der Waals surface area contributed by atoms with E-state index in [1.807, 2.05) is 78.5 Å². The number of rotatable bonds is 7. The summed E-state index contributed by atoms with van der Waals surface area (Å²) in [5, 5.41) is 0. The first-order valence-corrected chi connectivity index (χ1v) is 12.3.